The minimum absolute atomic E-state index is 0.0543. The Kier molecular flexibility index (Phi) is 4.17. The predicted molar refractivity (Wildman–Crippen MR) is 73.5 cm³/mol. The van der Waals surface area contributed by atoms with Gasteiger partial charge in [0.25, 0.3) is 0 Å². The summed E-state index contributed by atoms with van der Waals surface area (Å²) in [6, 6.07) is 7.69. The summed E-state index contributed by atoms with van der Waals surface area (Å²) in [5, 5.41) is 0. The molecule has 1 aromatic rings. The van der Waals surface area contributed by atoms with E-state index in [4.69, 9.17) is 14.0 Å². The average molecular weight is 301 g/mol. The first-order valence-corrected chi connectivity index (χ1v) is 7.75. The van der Waals surface area contributed by atoms with Crippen LogP contribution in [0.2, 0.25) is 0 Å². The largest absolute Gasteiger partial charge is 0.343 e. The average Bonchev–Trinajstić information content (AvgIpc) is 2.62. The zero-order valence-corrected chi connectivity index (χ0v) is 12.5. The molecule has 1 saturated heterocycles. The van der Waals surface area contributed by atoms with Crippen LogP contribution in [0.25, 0.3) is 0 Å². The first kappa shape index (κ1) is 15.4. The van der Waals surface area contributed by atoms with E-state index in [-0.39, 0.29) is 12.6 Å². The molecule has 0 bridgehead atoms. The Bertz CT molecular complexity index is 584. The van der Waals surface area contributed by atoms with Crippen molar-refractivity contribution in [1.29, 1.82) is 0 Å². The highest BCUT2D eigenvalue weighted by atomic mass is 32.2. The van der Waals surface area contributed by atoms with Crippen LogP contribution in [0.4, 0.5) is 0 Å². The van der Waals surface area contributed by atoms with Crippen LogP contribution >= 0.6 is 0 Å². The topological polar surface area (TPSA) is 84.9 Å². The van der Waals surface area contributed by atoms with E-state index in [1.807, 2.05) is 35.9 Å². The minimum Gasteiger partial charge on any atom is -0.343 e. The van der Waals surface area contributed by atoms with E-state index in [1.54, 1.807) is 13.8 Å². The standard InChI is InChI=1S/C13H19NO5S/c1-9-6-4-5-7-10(9)12-11(8-14-20(15,16)17)18-13(2,3)19-12/h4-7,11-12,14H,8H2,1-3H3,(H,15,16,17). The van der Waals surface area contributed by atoms with Crippen molar-refractivity contribution in [1.82, 2.24) is 4.72 Å². The van der Waals surface area contributed by atoms with Gasteiger partial charge in [0.1, 0.15) is 12.2 Å². The van der Waals surface area contributed by atoms with Gasteiger partial charge in [-0.3, -0.25) is 4.55 Å². The van der Waals surface area contributed by atoms with Gasteiger partial charge in [-0.05, 0) is 31.9 Å². The lowest BCUT2D eigenvalue weighted by atomic mass is 10.00. The van der Waals surface area contributed by atoms with Crippen molar-refractivity contribution in [3.8, 4) is 0 Å². The molecule has 0 amide bonds. The van der Waals surface area contributed by atoms with Crippen molar-refractivity contribution in [3.05, 3.63) is 35.4 Å². The Balaban J connectivity index is 2.23. The summed E-state index contributed by atoms with van der Waals surface area (Å²) in [7, 11) is -4.25. The van der Waals surface area contributed by atoms with Gasteiger partial charge in [-0.25, -0.2) is 0 Å². The van der Waals surface area contributed by atoms with Crippen molar-refractivity contribution in [2.45, 2.75) is 38.8 Å². The molecule has 6 nitrogen and oxygen atoms in total. The second-order valence-corrected chi connectivity index (χ2v) is 6.51. The summed E-state index contributed by atoms with van der Waals surface area (Å²) in [6.07, 6.45) is -0.895. The fourth-order valence-electron chi connectivity index (χ4n) is 2.34. The third-order valence-electron chi connectivity index (χ3n) is 3.15. The highest BCUT2D eigenvalue weighted by Crippen LogP contribution is 2.39. The van der Waals surface area contributed by atoms with Crippen LogP contribution in [0, 0.1) is 6.92 Å². The molecule has 0 aliphatic carbocycles. The molecule has 1 fully saturated rings. The zero-order valence-electron chi connectivity index (χ0n) is 11.7. The van der Waals surface area contributed by atoms with Crippen LogP contribution in [0.1, 0.15) is 31.1 Å². The molecule has 2 N–H and O–H groups in total. The van der Waals surface area contributed by atoms with Gasteiger partial charge in [-0.1, -0.05) is 24.3 Å². The maximum absolute atomic E-state index is 10.8. The van der Waals surface area contributed by atoms with E-state index < -0.39 is 22.2 Å². The molecule has 20 heavy (non-hydrogen) atoms. The summed E-state index contributed by atoms with van der Waals surface area (Å²) in [5.41, 5.74) is 1.98. The lowest BCUT2D eigenvalue weighted by Crippen LogP contribution is -2.35. The zero-order chi connectivity index (χ0) is 15.0. The molecule has 7 heteroatoms. The van der Waals surface area contributed by atoms with E-state index in [2.05, 4.69) is 0 Å². The third kappa shape index (κ3) is 3.77. The van der Waals surface area contributed by atoms with Crippen LogP contribution in [0.15, 0.2) is 24.3 Å². The lowest BCUT2D eigenvalue weighted by Gasteiger charge is -2.19. The van der Waals surface area contributed by atoms with Crippen LogP contribution in [0.3, 0.4) is 0 Å². The molecule has 112 valence electrons. The van der Waals surface area contributed by atoms with E-state index in [0.717, 1.165) is 11.1 Å². The smallest absolute Gasteiger partial charge is 0.333 e. The van der Waals surface area contributed by atoms with Gasteiger partial charge >= 0.3 is 10.3 Å². The van der Waals surface area contributed by atoms with Crippen LogP contribution in [-0.2, 0) is 19.8 Å². The fourth-order valence-corrected chi connectivity index (χ4v) is 2.72. The van der Waals surface area contributed by atoms with Gasteiger partial charge in [0.2, 0.25) is 0 Å². The number of hydrogen-bond donors (Lipinski definition) is 2. The monoisotopic (exact) mass is 301 g/mol. The lowest BCUT2D eigenvalue weighted by molar-refractivity contribution is -0.146. The van der Waals surface area contributed by atoms with Crippen LogP contribution in [0.5, 0.6) is 0 Å². The molecule has 0 aromatic heterocycles. The molecule has 2 unspecified atom stereocenters. The maximum Gasteiger partial charge on any atom is 0.333 e. The van der Waals surface area contributed by atoms with Gasteiger partial charge in [0.05, 0.1) is 0 Å². The first-order chi connectivity index (χ1) is 9.18. The Morgan fingerprint density at radius 1 is 1.30 bits per heavy atom. The molecule has 1 aliphatic heterocycles. The van der Waals surface area contributed by atoms with E-state index in [1.165, 1.54) is 0 Å². The summed E-state index contributed by atoms with van der Waals surface area (Å²) in [4.78, 5) is 0. The van der Waals surface area contributed by atoms with Gasteiger partial charge < -0.3 is 9.47 Å². The van der Waals surface area contributed by atoms with Crippen molar-refractivity contribution < 1.29 is 22.4 Å². The van der Waals surface area contributed by atoms with E-state index >= 15 is 0 Å². The summed E-state index contributed by atoms with van der Waals surface area (Å²) < 4.78 is 44.0. The number of benzene rings is 1. The molecule has 1 aliphatic rings. The van der Waals surface area contributed by atoms with Crippen molar-refractivity contribution >= 4 is 10.3 Å². The second-order valence-electron chi connectivity index (χ2n) is 5.27. The highest BCUT2D eigenvalue weighted by molar-refractivity contribution is 7.83. The second kappa shape index (κ2) is 5.42. The third-order valence-corrected chi connectivity index (χ3v) is 3.68. The highest BCUT2D eigenvalue weighted by Gasteiger charge is 2.42. The van der Waals surface area contributed by atoms with E-state index in [0.29, 0.717) is 0 Å². The molecular formula is C13H19NO5S. The molecule has 0 radical (unpaired) electrons. The van der Waals surface area contributed by atoms with Crippen LogP contribution < -0.4 is 4.72 Å². The molecule has 1 heterocycles. The molecular weight excluding hydrogens is 282 g/mol. The molecule has 2 atom stereocenters. The van der Waals surface area contributed by atoms with Crippen molar-refractivity contribution in [2.75, 3.05) is 6.54 Å². The SMILES string of the molecule is Cc1ccccc1C1OC(C)(C)OC1CNS(=O)(=O)O. The minimum atomic E-state index is -4.25. The van der Waals surface area contributed by atoms with Gasteiger partial charge in [0.15, 0.2) is 5.79 Å². The van der Waals surface area contributed by atoms with Crippen molar-refractivity contribution in [3.63, 3.8) is 0 Å². The van der Waals surface area contributed by atoms with Crippen molar-refractivity contribution in [2.24, 2.45) is 0 Å². The van der Waals surface area contributed by atoms with Gasteiger partial charge in [-0.2, -0.15) is 13.1 Å². The Morgan fingerprint density at radius 2 is 1.95 bits per heavy atom. The summed E-state index contributed by atoms with van der Waals surface area (Å²) in [5.74, 6) is -0.807. The number of ether oxygens (including phenoxy) is 2. The predicted octanol–water partition coefficient (Wildman–Crippen LogP) is 1.58. The number of nitrogens with one attached hydrogen (secondary N) is 1. The van der Waals surface area contributed by atoms with Crippen LogP contribution in [-0.4, -0.2) is 31.4 Å². The molecule has 0 spiro atoms. The number of hydrogen-bond acceptors (Lipinski definition) is 4. The quantitative estimate of drug-likeness (QED) is 0.825. The first-order valence-electron chi connectivity index (χ1n) is 6.31. The number of rotatable bonds is 4. The Labute approximate surface area is 119 Å². The maximum atomic E-state index is 10.8. The molecule has 0 saturated carbocycles. The van der Waals surface area contributed by atoms with E-state index in [9.17, 15) is 8.42 Å². The van der Waals surface area contributed by atoms with Gasteiger partial charge in [-0.15, -0.1) is 0 Å². The summed E-state index contributed by atoms with van der Waals surface area (Å²) in [6.45, 7) is 5.44. The Hall–Kier alpha value is -0.990. The fraction of sp³-hybridized carbons (Fsp3) is 0.538. The molecule has 1 aromatic carbocycles. The Morgan fingerprint density at radius 3 is 2.55 bits per heavy atom. The normalized spacial score (nSPS) is 25.8. The molecule has 2 rings (SSSR count). The van der Waals surface area contributed by atoms with Gasteiger partial charge in [0, 0.05) is 6.54 Å². The summed E-state index contributed by atoms with van der Waals surface area (Å²) >= 11 is 0. The number of aryl methyl sites for hydroxylation is 1.